The van der Waals surface area contributed by atoms with Crippen LogP contribution in [0, 0.1) is 20.8 Å². The minimum atomic E-state index is -0.250. The Morgan fingerprint density at radius 2 is 1.81 bits per heavy atom. The van der Waals surface area contributed by atoms with Crippen LogP contribution in [-0.2, 0) is 4.79 Å². The van der Waals surface area contributed by atoms with Crippen molar-refractivity contribution in [2.45, 2.75) is 46.6 Å². The van der Waals surface area contributed by atoms with Crippen LogP contribution in [0.25, 0.3) is 0 Å². The molecule has 1 N–H and O–H groups in total. The summed E-state index contributed by atoms with van der Waals surface area (Å²) in [6.07, 6.45) is 1.49. The Kier molecular flexibility index (Phi) is 7.10. The van der Waals surface area contributed by atoms with E-state index in [9.17, 15) is 9.59 Å². The summed E-state index contributed by atoms with van der Waals surface area (Å²) in [7, 11) is 1.63. The summed E-state index contributed by atoms with van der Waals surface area (Å²) >= 11 is 0. The van der Waals surface area contributed by atoms with Crippen molar-refractivity contribution in [1.82, 2.24) is 15.2 Å². The highest BCUT2D eigenvalue weighted by molar-refractivity contribution is 6.03. The van der Waals surface area contributed by atoms with Gasteiger partial charge >= 0.3 is 6.03 Å². The highest BCUT2D eigenvalue weighted by atomic mass is 16.2. The number of carbonyl (C=O) groups excluding carboxylic acids is 2. The van der Waals surface area contributed by atoms with Crippen LogP contribution in [0.3, 0.4) is 0 Å². The molecule has 1 aliphatic rings. The molecule has 1 unspecified atom stereocenters. The average Bonchev–Trinajstić information content (AvgIpc) is 3.20. The van der Waals surface area contributed by atoms with Crippen molar-refractivity contribution in [2.24, 2.45) is 5.10 Å². The molecule has 164 valence electrons. The van der Waals surface area contributed by atoms with E-state index in [1.54, 1.807) is 12.1 Å². The largest absolute Gasteiger partial charge is 0.338 e. The molecule has 6 heteroatoms. The zero-order valence-electron chi connectivity index (χ0n) is 19.1. The number of urea groups is 1. The minimum absolute atomic E-state index is 0.0262. The lowest BCUT2D eigenvalue weighted by Gasteiger charge is -2.25. The first-order valence-electron chi connectivity index (χ1n) is 10.8. The molecule has 2 aromatic carbocycles. The molecule has 1 heterocycles. The summed E-state index contributed by atoms with van der Waals surface area (Å²) in [6, 6.07) is 14.0. The maximum atomic E-state index is 13.2. The number of nitrogens with one attached hydrogen (secondary N) is 1. The summed E-state index contributed by atoms with van der Waals surface area (Å²) < 4.78 is 0. The van der Waals surface area contributed by atoms with Crippen molar-refractivity contribution < 1.29 is 9.59 Å². The molecule has 1 atom stereocenters. The maximum absolute atomic E-state index is 13.2. The summed E-state index contributed by atoms with van der Waals surface area (Å²) in [5.41, 5.74) is 6.56. The average molecular weight is 421 g/mol. The van der Waals surface area contributed by atoms with Gasteiger partial charge in [-0.1, -0.05) is 48.9 Å². The molecular formula is C25H32N4O2. The van der Waals surface area contributed by atoms with Crippen molar-refractivity contribution in [3.05, 3.63) is 70.3 Å². The lowest BCUT2D eigenvalue weighted by molar-refractivity contribution is -0.133. The van der Waals surface area contributed by atoms with E-state index in [4.69, 9.17) is 5.10 Å². The van der Waals surface area contributed by atoms with Gasteiger partial charge in [0.2, 0.25) is 0 Å². The lowest BCUT2D eigenvalue weighted by atomic mass is 9.96. The second-order valence-corrected chi connectivity index (χ2v) is 8.30. The molecule has 0 saturated carbocycles. The van der Waals surface area contributed by atoms with Crippen LogP contribution in [0.15, 0.2) is 47.6 Å². The van der Waals surface area contributed by atoms with E-state index in [0.29, 0.717) is 13.0 Å². The molecule has 0 fully saturated rings. The molecule has 31 heavy (non-hydrogen) atoms. The summed E-state index contributed by atoms with van der Waals surface area (Å²) in [5, 5.41) is 9.08. The fraction of sp³-hybridized carbons (Fsp3) is 0.400. The molecule has 0 spiro atoms. The highest BCUT2D eigenvalue weighted by Crippen LogP contribution is 2.33. The monoisotopic (exact) mass is 420 g/mol. The number of hydrogen-bond acceptors (Lipinski definition) is 3. The zero-order valence-corrected chi connectivity index (χ0v) is 19.1. The first-order chi connectivity index (χ1) is 14.8. The van der Waals surface area contributed by atoms with E-state index < -0.39 is 0 Å². The molecule has 0 aromatic heterocycles. The summed E-state index contributed by atoms with van der Waals surface area (Å²) in [5.74, 6) is -0.196. The van der Waals surface area contributed by atoms with Gasteiger partial charge in [-0.2, -0.15) is 5.10 Å². The Morgan fingerprint density at radius 1 is 1.10 bits per heavy atom. The van der Waals surface area contributed by atoms with E-state index >= 15 is 0 Å². The third-order valence-electron chi connectivity index (χ3n) is 5.71. The molecule has 3 rings (SSSR count). The van der Waals surface area contributed by atoms with Crippen LogP contribution in [0.4, 0.5) is 4.79 Å². The molecule has 0 radical (unpaired) electrons. The van der Waals surface area contributed by atoms with Crippen molar-refractivity contribution in [1.29, 1.82) is 0 Å². The van der Waals surface area contributed by atoms with E-state index in [1.807, 2.05) is 13.8 Å². The molecule has 0 saturated heterocycles. The van der Waals surface area contributed by atoms with Crippen molar-refractivity contribution in [3.8, 4) is 0 Å². The third-order valence-corrected chi connectivity index (χ3v) is 5.71. The van der Waals surface area contributed by atoms with Crippen LogP contribution in [0.5, 0.6) is 0 Å². The standard InChI is InChI=1S/C25H32N4O2/c1-6-13-26-25(31)28(5)16-24(30)29-23(20-10-7-17(2)8-11-20)15-22(27-29)21-12-9-18(3)19(4)14-21/h7-12,14,23H,6,13,15-16H2,1-5H3,(H,26,31). The van der Waals surface area contributed by atoms with Crippen molar-refractivity contribution in [3.63, 3.8) is 0 Å². The van der Waals surface area contributed by atoms with Gasteiger partial charge < -0.3 is 10.2 Å². The molecule has 2 aromatic rings. The smallest absolute Gasteiger partial charge is 0.317 e. The van der Waals surface area contributed by atoms with Crippen LogP contribution < -0.4 is 5.32 Å². The number of rotatable bonds is 6. The van der Waals surface area contributed by atoms with Gasteiger partial charge in [0.05, 0.1) is 11.8 Å². The maximum Gasteiger partial charge on any atom is 0.317 e. The Hall–Kier alpha value is -3.15. The normalized spacial score (nSPS) is 15.6. The van der Waals surface area contributed by atoms with Gasteiger partial charge in [0.15, 0.2) is 0 Å². The Labute approximate surface area is 184 Å². The molecule has 3 amide bonds. The number of hydrazone groups is 1. The van der Waals surface area contributed by atoms with Gasteiger partial charge in [0.1, 0.15) is 6.54 Å². The predicted molar refractivity (Wildman–Crippen MR) is 124 cm³/mol. The third kappa shape index (κ3) is 5.32. The predicted octanol–water partition coefficient (Wildman–Crippen LogP) is 4.34. The summed E-state index contributed by atoms with van der Waals surface area (Å²) in [4.78, 5) is 26.8. The fourth-order valence-corrected chi connectivity index (χ4v) is 3.60. The Bertz CT molecular complexity index is 982. The van der Waals surface area contributed by atoms with Gasteiger partial charge in [-0.25, -0.2) is 9.80 Å². The van der Waals surface area contributed by atoms with Gasteiger partial charge in [0.25, 0.3) is 5.91 Å². The summed E-state index contributed by atoms with van der Waals surface area (Å²) in [6.45, 7) is 8.76. The van der Waals surface area contributed by atoms with Gasteiger partial charge in [0, 0.05) is 20.0 Å². The topological polar surface area (TPSA) is 65.0 Å². The van der Waals surface area contributed by atoms with Crippen molar-refractivity contribution >= 4 is 17.6 Å². The SMILES string of the molecule is CCCNC(=O)N(C)CC(=O)N1N=C(c2ccc(C)c(C)c2)CC1c1ccc(C)cc1. The fourth-order valence-electron chi connectivity index (χ4n) is 3.60. The first kappa shape index (κ1) is 22.5. The van der Waals surface area contributed by atoms with Crippen molar-refractivity contribution in [2.75, 3.05) is 20.1 Å². The van der Waals surface area contributed by atoms with E-state index in [1.165, 1.54) is 21.6 Å². The number of nitrogens with zero attached hydrogens (tertiary/aromatic N) is 3. The minimum Gasteiger partial charge on any atom is -0.338 e. The highest BCUT2D eigenvalue weighted by Gasteiger charge is 2.33. The number of aryl methyl sites for hydroxylation is 3. The molecule has 1 aliphatic heterocycles. The van der Waals surface area contributed by atoms with Gasteiger partial charge in [-0.15, -0.1) is 0 Å². The Balaban J connectivity index is 1.86. The number of benzene rings is 2. The van der Waals surface area contributed by atoms with Gasteiger partial charge in [-0.3, -0.25) is 4.79 Å². The lowest BCUT2D eigenvalue weighted by Crippen LogP contribution is -2.43. The van der Waals surface area contributed by atoms with Crippen LogP contribution in [-0.4, -0.2) is 47.7 Å². The van der Waals surface area contributed by atoms with Crippen LogP contribution in [0.2, 0.25) is 0 Å². The number of likely N-dealkylation sites (N-methyl/N-ethyl adjacent to an activating group) is 1. The number of hydrogen-bond donors (Lipinski definition) is 1. The molecular weight excluding hydrogens is 388 g/mol. The molecule has 0 bridgehead atoms. The zero-order chi connectivity index (χ0) is 22.5. The van der Waals surface area contributed by atoms with Crippen LogP contribution in [0.1, 0.15) is 53.6 Å². The Morgan fingerprint density at radius 3 is 2.45 bits per heavy atom. The number of amides is 3. The number of carbonyl (C=O) groups is 2. The second kappa shape index (κ2) is 9.77. The van der Waals surface area contributed by atoms with E-state index in [2.05, 4.69) is 61.6 Å². The van der Waals surface area contributed by atoms with E-state index in [0.717, 1.165) is 23.3 Å². The second-order valence-electron chi connectivity index (χ2n) is 8.30. The van der Waals surface area contributed by atoms with E-state index in [-0.39, 0.29) is 24.5 Å². The molecule has 6 nitrogen and oxygen atoms in total. The van der Waals surface area contributed by atoms with Gasteiger partial charge in [-0.05, 0) is 55.5 Å². The molecule has 0 aliphatic carbocycles. The first-order valence-corrected chi connectivity index (χ1v) is 10.8. The quantitative estimate of drug-likeness (QED) is 0.755. The van der Waals surface area contributed by atoms with Crippen LogP contribution >= 0.6 is 0 Å².